The summed E-state index contributed by atoms with van der Waals surface area (Å²) in [6.45, 7) is -0.0409. The Bertz CT molecular complexity index is 1290. The molecular formula is C24H14O12. The summed E-state index contributed by atoms with van der Waals surface area (Å²) in [6.07, 6.45) is -3.04. The third-order valence-corrected chi connectivity index (χ3v) is 6.24. The number of fused-ring (bicyclic) bond motifs is 3. The molecule has 36 heavy (non-hydrogen) atoms. The van der Waals surface area contributed by atoms with Crippen molar-refractivity contribution in [2.75, 3.05) is 13.2 Å². The van der Waals surface area contributed by atoms with Gasteiger partial charge < -0.3 is 28.4 Å². The van der Waals surface area contributed by atoms with E-state index >= 15 is 0 Å². The molecule has 0 amide bonds. The first-order valence-electron chi connectivity index (χ1n) is 10.8. The quantitative estimate of drug-likeness (QED) is 0.336. The fourth-order valence-corrected chi connectivity index (χ4v) is 4.47. The molecule has 4 atom stereocenters. The molecular weight excluding hydrogens is 480 g/mol. The summed E-state index contributed by atoms with van der Waals surface area (Å²) in [5, 5.41) is 0. The normalized spacial score (nSPS) is 25.7. The van der Waals surface area contributed by atoms with E-state index in [1.807, 2.05) is 0 Å². The zero-order valence-corrected chi connectivity index (χ0v) is 18.1. The van der Waals surface area contributed by atoms with Crippen LogP contribution in [0, 0.1) is 0 Å². The van der Waals surface area contributed by atoms with Crippen LogP contribution < -0.4 is 0 Å². The maximum absolute atomic E-state index is 12.6. The Balaban J connectivity index is 1.10. The predicted octanol–water partition coefficient (Wildman–Crippen LogP) is 0.856. The van der Waals surface area contributed by atoms with Crippen molar-refractivity contribution >= 4 is 35.8 Å². The van der Waals surface area contributed by atoms with Crippen LogP contribution in [0.25, 0.3) is 0 Å². The average molecular weight is 494 g/mol. The highest BCUT2D eigenvalue weighted by Gasteiger charge is 2.51. The number of carbonyl (C=O) groups is 6. The molecule has 182 valence electrons. The highest BCUT2D eigenvalue weighted by Crippen LogP contribution is 2.32. The van der Waals surface area contributed by atoms with Crippen molar-refractivity contribution < 1.29 is 57.2 Å². The number of ether oxygens (including phenoxy) is 6. The highest BCUT2D eigenvalue weighted by molar-refractivity contribution is 6.16. The molecule has 6 rings (SSSR count). The molecule has 0 N–H and O–H groups in total. The van der Waals surface area contributed by atoms with Crippen molar-refractivity contribution in [1.82, 2.24) is 0 Å². The standard InChI is InChI=1S/C24H14O12/c25-19(9-1-3-11-13(5-9)23(29)35-21(11)27)33-15-7-31-18-16(8-32-17(15)18)34-20(26)10-2-4-12-14(6-10)24(30)36-22(12)28/h1-6,15-18H,7-8H2/t15-,16+,17?,18?. The van der Waals surface area contributed by atoms with Crippen LogP contribution in [0.4, 0.5) is 0 Å². The Morgan fingerprint density at radius 3 is 1.42 bits per heavy atom. The smallest absolute Gasteiger partial charge is 0.346 e. The van der Waals surface area contributed by atoms with Gasteiger partial charge >= 0.3 is 35.8 Å². The minimum atomic E-state index is -0.843. The first-order chi connectivity index (χ1) is 17.3. The number of cyclic esters (lactones) is 4. The zero-order valence-electron chi connectivity index (χ0n) is 18.1. The van der Waals surface area contributed by atoms with Gasteiger partial charge in [-0.05, 0) is 36.4 Å². The van der Waals surface area contributed by atoms with Crippen LogP contribution in [0.15, 0.2) is 36.4 Å². The van der Waals surface area contributed by atoms with Gasteiger partial charge in [0.1, 0.15) is 12.2 Å². The van der Waals surface area contributed by atoms with E-state index in [4.69, 9.17) is 18.9 Å². The molecule has 2 aromatic carbocycles. The summed E-state index contributed by atoms with van der Waals surface area (Å²) >= 11 is 0. The van der Waals surface area contributed by atoms with Crippen LogP contribution in [0.3, 0.4) is 0 Å². The second-order valence-electron chi connectivity index (χ2n) is 8.36. The minimum absolute atomic E-state index is 0.0204. The predicted molar refractivity (Wildman–Crippen MR) is 110 cm³/mol. The molecule has 2 aromatic rings. The molecule has 2 saturated heterocycles. The van der Waals surface area contributed by atoms with Gasteiger partial charge in [0.25, 0.3) is 0 Å². The Labute approximate surface area is 200 Å². The lowest BCUT2D eigenvalue weighted by atomic mass is 10.1. The Morgan fingerprint density at radius 1 is 0.611 bits per heavy atom. The summed E-state index contributed by atoms with van der Waals surface area (Å²) in [6, 6.07) is 7.74. The summed E-state index contributed by atoms with van der Waals surface area (Å²) in [4.78, 5) is 71.9. The fourth-order valence-electron chi connectivity index (χ4n) is 4.47. The SMILES string of the molecule is O=C(O[C@H]1COC2C1OC[C@H]2OC(=O)c1ccc2c(c1)C(=O)OC2=O)c1ccc2c(c1)C(=O)OC2=O. The molecule has 2 unspecified atom stereocenters. The van der Waals surface area contributed by atoms with Crippen LogP contribution in [-0.2, 0) is 28.4 Å². The number of esters is 6. The van der Waals surface area contributed by atoms with Crippen molar-refractivity contribution in [1.29, 1.82) is 0 Å². The molecule has 0 radical (unpaired) electrons. The molecule has 2 fully saturated rings. The molecule has 0 bridgehead atoms. The second kappa shape index (κ2) is 8.07. The summed E-state index contributed by atoms with van der Waals surface area (Å²) in [5.41, 5.74) is 0.163. The topological polar surface area (TPSA) is 158 Å². The van der Waals surface area contributed by atoms with Gasteiger partial charge in [-0.25, -0.2) is 28.8 Å². The first kappa shape index (κ1) is 22.1. The zero-order chi connectivity index (χ0) is 25.1. The Morgan fingerprint density at radius 2 is 1.00 bits per heavy atom. The molecule has 0 saturated carbocycles. The van der Waals surface area contributed by atoms with Crippen molar-refractivity contribution in [2.45, 2.75) is 24.4 Å². The lowest BCUT2D eigenvalue weighted by Crippen LogP contribution is -2.36. The van der Waals surface area contributed by atoms with Crippen molar-refractivity contribution in [2.24, 2.45) is 0 Å². The first-order valence-corrected chi connectivity index (χ1v) is 10.8. The van der Waals surface area contributed by atoms with E-state index in [0.29, 0.717) is 0 Å². The van der Waals surface area contributed by atoms with Gasteiger partial charge in [0.15, 0.2) is 12.2 Å². The van der Waals surface area contributed by atoms with Gasteiger partial charge in [-0.3, -0.25) is 0 Å². The van der Waals surface area contributed by atoms with E-state index in [1.165, 1.54) is 36.4 Å². The van der Waals surface area contributed by atoms with Crippen molar-refractivity contribution in [3.8, 4) is 0 Å². The van der Waals surface area contributed by atoms with Crippen LogP contribution in [0.2, 0.25) is 0 Å². The highest BCUT2D eigenvalue weighted by atomic mass is 16.7. The van der Waals surface area contributed by atoms with Gasteiger partial charge in [0.05, 0.1) is 46.6 Å². The lowest BCUT2D eigenvalue weighted by Gasteiger charge is -2.17. The molecule has 4 aliphatic rings. The van der Waals surface area contributed by atoms with E-state index in [1.54, 1.807) is 0 Å². The van der Waals surface area contributed by atoms with Crippen LogP contribution in [0.5, 0.6) is 0 Å². The summed E-state index contributed by atoms with van der Waals surface area (Å²) in [7, 11) is 0. The molecule has 0 aromatic heterocycles. The van der Waals surface area contributed by atoms with Crippen molar-refractivity contribution in [3.63, 3.8) is 0 Å². The van der Waals surface area contributed by atoms with Crippen molar-refractivity contribution in [3.05, 3.63) is 69.8 Å². The third-order valence-electron chi connectivity index (χ3n) is 6.24. The number of benzene rings is 2. The summed E-state index contributed by atoms with van der Waals surface area (Å²) < 4.78 is 31.4. The summed E-state index contributed by atoms with van der Waals surface area (Å²) in [5.74, 6) is -4.77. The number of rotatable bonds is 4. The maximum atomic E-state index is 12.6. The van der Waals surface area contributed by atoms with E-state index in [9.17, 15) is 28.8 Å². The van der Waals surface area contributed by atoms with E-state index in [-0.39, 0.29) is 46.6 Å². The van der Waals surface area contributed by atoms with Crippen LogP contribution >= 0.6 is 0 Å². The Hall–Kier alpha value is -4.42. The molecule has 12 heteroatoms. The second-order valence-corrected chi connectivity index (χ2v) is 8.36. The van der Waals surface area contributed by atoms with Gasteiger partial charge in [-0.15, -0.1) is 0 Å². The Kier molecular flexibility index (Phi) is 4.95. The third kappa shape index (κ3) is 3.46. The van der Waals surface area contributed by atoms with E-state index in [0.717, 1.165) is 0 Å². The van der Waals surface area contributed by atoms with Gasteiger partial charge in [-0.2, -0.15) is 0 Å². The van der Waals surface area contributed by atoms with E-state index in [2.05, 4.69) is 9.47 Å². The molecule has 0 spiro atoms. The van der Waals surface area contributed by atoms with Crippen LogP contribution in [0.1, 0.15) is 62.1 Å². The monoisotopic (exact) mass is 494 g/mol. The molecule has 4 aliphatic heterocycles. The fraction of sp³-hybridized carbons (Fsp3) is 0.250. The largest absolute Gasteiger partial charge is 0.453 e. The molecule has 0 aliphatic carbocycles. The number of hydrogen-bond donors (Lipinski definition) is 0. The minimum Gasteiger partial charge on any atom is -0.453 e. The van der Waals surface area contributed by atoms with Crippen LogP contribution in [-0.4, -0.2) is 73.4 Å². The van der Waals surface area contributed by atoms with Gasteiger partial charge in [-0.1, -0.05) is 0 Å². The average Bonchev–Trinajstić information content (AvgIpc) is 3.59. The lowest BCUT2D eigenvalue weighted by molar-refractivity contribution is -0.0287. The van der Waals surface area contributed by atoms with Gasteiger partial charge in [0.2, 0.25) is 0 Å². The van der Waals surface area contributed by atoms with E-state index < -0.39 is 60.2 Å². The molecule has 12 nitrogen and oxygen atoms in total. The maximum Gasteiger partial charge on any atom is 0.346 e. The van der Waals surface area contributed by atoms with Gasteiger partial charge in [0, 0.05) is 0 Å². The number of carbonyl (C=O) groups excluding carboxylic acids is 6. The number of hydrogen-bond acceptors (Lipinski definition) is 12. The molecule has 4 heterocycles.